The van der Waals surface area contributed by atoms with Crippen LogP contribution in [0.4, 0.5) is 0 Å². The number of amides is 2. The van der Waals surface area contributed by atoms with Gasteiger partial charge in [-0.2, -0.15) is 0 Å². The van der Waals surface area contributed by atoms with Crippen molar-refractivity contribution < 1.29 is 9.59 Å². The fraction of sp³-hybridized carbons (Fsp3) is 0.857. The molecule has 3 heteroatoms. The minimum atomic E-state index is 0.148. The summed E-state index contributed by atoms with van der Waals surface area (Å²) in [6.07, 6.45) is 6.95. The Kier molecular flexibility index (Phi) is 1.98. The molecule has 4 unspecified atom stereocenters. The van der Waals surface area contributed by atoms with Gasteiger partial charge in [-0.25, -0.2) is 0 Å². The molecule has 0 aromatic heterocycles. The molecule has 3 nitrogen and oxygen atoms in total. The Morgan fingerprint density at radius 3 is 2.53 bits per heavy atom. The molecule has 1 saturated heterocycles. The normalized spacial score (nSPS) is 44.0. The van der Waals surface area contributed by atoms with E-state index in [1.54, 1.807) is 4.90 Å². The van der Waals surface area contributed by atoms with Crippen LogP contribution in [0.25, 0.3) is 0 Å². The van der Waals surface area contributed by atoms with E-state index in [1.165, 1.54) is 19.3 Å². The van der Waals surface area contributed by atoms with Crippen LogP contribution in [0, 0.1) is 29.6 Å². The topological polar surface area (TPSA) is 37.4 Å². The lowest BCUT2D eigenvalue weighted by atomic mass is 9.81. The highest BCUT2D eigenvalue weighted by molar-refractivity contribution is 5.99. The van der Waals surface area contributed by atoms with Crippen LogP contribution in [0.15, 0.2) is 0 Å². The summed E-state index contributed by atoms with van der Waals surface area (Å²) in [7, 11) is 0. The third-order valence-electron chi connectivity index (χ3n) is 5.75. The predicted octanol–water partition coefficient (Wildman–Crippen LogP) is 1.82. The number of carbonyl (C=O) groups excluding carboxylic acids is 2. The summed E-state index contributed by atoms with van der Waals surface area (Å²) in [6, 6.07) is 0. The van der Waals surface area contributed by atoms with E-state index in [0.717, 1.165) is 31.7 Å². The van der Waals surface area contributed by atoms with Gasteiger partial charge >= 0.3 is 0 Å². The zero-order valence-corrected chi connectivity index (χ0v) is 10.1. The molecule has 1 heterocycles. The quantitative estimate of drug-likeness (QED) is 0.648. The summed E-state index contributed by atoms with van der Waals surface area (Å²) in [4.78, 5) is 26.2. The van der Waals surface area contributed by atoms with Crippen LogP contribution in [-0.4, -0.2) is 23.3 Å². The third-order valence-corrected chi connectivity index (χ3v) is 5.75. The molecule has 0 aromatic rings. The molecule has 0 aromatic carbocycles. The van der Waals surface area contributed by atoms with Crippen molar-refractivity contribution in [1.29, 1.82) is 0 Å². The summed E-state index contributed by atoms with van der Waals surface area (Å²) in [5.41, 5.74) is 0. The summed E-state index contributed by atoms with van der Waals surface area (Å²) in [5, 5.41) is 0. The van der Waals surface area contributed by atoms with Crippen molar-refractivity contribution in [1.82, 2.24) is 4.90 Å². The van der Waals surface area contributed by atoms with Crippen molar-refractivity contribution in [2.24, 2.45) is 29.6 Å². The maximum atomic E-state index is 12.4. The molecular weight excluding hydrogens is 214 g/mol. The highest BCUT2D eigenvalue weighted by Gasteiger charge is 2.57. The molecule has 3 saturated carbocycles. The van der Waals surface area contributed by atoms with Crippen molar-refractivity contribution in [2.75, 3.05) is 6.54 Å². The van der Waals surface area contributed by atoms with Crippen LogP contribution in [0.5, 0.6) is 0 Å². The SMILES string of the molecule is O=C(C1CCC1)N1CC2C3CCC(C3)C2C1=O. The summed E-state index contributed by atoms with van der Waals surface area (Å²) in [5.74, 6) is 2.59. The zero-order valence-electron chi connectivity index (χ0n) is 10.1. The van der Waals surface area contributed by atoms with Gasteiger partial charge in [-0.3, -0.25) is 14.5 Å². The summed E-state index contributed by atoms with van der Waals surface area (Å²) in [6.45, 7) is 0.750. The fourth-order valence-corrected chi connectivity index (χ4v) is 4.61. The predicted molar refractivity (Wildman–Crippen MR) is 61.9 cm³/mol. The Morgan fingerprint density at radius 1 is 1.12 bits per heavy atom. The molecule has 4 aliphatic rings. The van der Waals surface area contributed by atoms with Crippen molar-refractivity contribution in [2.45, 2.75) is 38.5 Å². The lowest BCUT2D eigenvalue weighted by Gasteiger charge is -2.28. The van der Waals surface area contributed by atoms with Gasteiger partial charge in [0.05, 0.1) is 0 Å². The Morgan fingerprint density at radius 2 is 1.88 bits per heavy atom. The molecule has 0 N–H and O–H groups in total. The second-order valence-corrected chi connectivity index (χ2v) is 6.44. The second kappa shape index (κ2) is 3.33. The Balaban J connectivity index is 1.56. The molecule has 2 amide bonds. The highest BCUT2D eigenvalue weighted by atomic mass is 16.2. The molecule has 2 bridgehead atoms. The molecule has 3 aliphatic carbocycles. The second-order valence-electron chi connectivity index (χ2n) is 6.44. The first-order valence-corrected chi connectivity index (χ1v) is 7.11. The minimum absolute atomic E-state index is 0.148. The van der Waals surface area contributed by atoms with E-state index in [4.69, 9.17) is 0 Å². The van der Waals surface area contributed by atoms with E-state index >= 15 is 0 Å². The van der Waals surface area contributed by atoms with Crippen LogP contribution < -0.4 is 0 Å². The first kappa shape index (κ1) is 10.1. The van der Waals surface area contributed by atoms with Crippen LogP contribution >= 0.6 is 0 Å². The van der Waals surface area contributed by atoms with Gasteiger partial charge in [0.15, 0.2) is 0 Å². The van der Waals surface area contributed by atoms with Crippen molar-refractivity contribution in [3.8, 4) is 0 Å². The third kappa shape index (κ3) is 1.23. The van der Waals surface area contributed by atoms with E-state index in [9.17, 15) is 9.59 Å². The van der Waals surface area contributed by atoms with Gasteiger partial charge < -0.3 is 0 Å². The van der Waals surface area contributed by atoms with Crippen LogP contribution in [-0.2, 0) is 9.59 Å². The Hall–Kier alpha value is -0.860. The standard InChI is InChI=1S/C14H19NO2/c16-13(8-2-1-3-8)15-7-11-9-4-5-10(6-9)12(11)14(15)17/h8-12H,1-7H2. The first-order valence-electron chi connectivity index (χ1n) is 7.11. The van der Waals surface area contributed by atoms with Crippen LogP contribution in [0.1, 0.15) is 38.5 Å². The monoisotopic (exact) mass is 233 g/mol. The van der Waals surface area contributed by atoms with E-state index in [0.29, 0.717) is 11.8 Å². The molecule has 4 rings (SSSR count). The Bertz CT molecular complexity index is 388. The molecule has 4 fully saturated rings. The van der Waals surface area contributed by atoms with Gasteiger partial charge in [0.25, 0.3) is 0 Å². The molecule has 17 heavy (non-hydrogen) atoms. The van der Waals surface area contributed by atoms with Gasteiger partial charge in [-0.15, -0.1) is 0 Å². The molecule has 0 spiro atoms. The van der Waals surface area contributed by atoms with Crippen molar-refractivity contribution in [3.63, 3.8) is 0 Å². The number of rotatable bonds is 1. The van der Waals surface area contributed by atoms with Gasteiger partial charge in [0.2, 0.25) is 11.8 Å². The van der Waals surface area contributed by atoms with Crippen LogP contribution in [0.3, 0.4) is 0 Å². The van der Waals surface area contributed by atoms with E-state index in [1.807, 2.05) is 0 Å². The zero-order chi connectivity index (χ0) is 11.6. The number of imide groups is 1. The van der Waals surface area contributed by atoms with E-state index < -0.39 is 0 Å². The van der Waals surface area contributed by atoms with Gasteiger partial charge in [0, 0.05) is 18.4 Å². The van der Waals surface area contributed by atoms with Gasteiger partial charge in [-0.1, -0.05) is 6.42 Å². The van der Waals surface area contributed by atoms with Crippen molar-refractivity contribution in [3.05, 3.63) is 0 Å². The largest absolute Gasteiger partial charge is 0.282 e. The molecular formula is C14H19NO2. The maximum Gasteiger partial charge on any atom is 0.232 e. The van der Waals surface area contributed by atoms with Gasteiger partial charge in [0.1, 0.15) is 0 Å². The number of fused-ring (bicyclic) bond motifs is 5. The lowest BCUT2D eigenvalue weighted by Crippen LogP contribution is -2.41. The number of likely N-dealkylation sites (tertiary alicyclic amines) is 1. The minimum Gasteiger partial charge on any atom is -0.282 e. The smallest absolute Gasteiger partial charge is 0.232 e. The summed E-state index contributed by atoms with van der Waals surface area (Å²) >= 11 is 0. The molecule has 0 radical (unpaired) electrons. The number of carbonyl (C=O) groups is 2. The summed E-state index contributed by atoms with van der Waals surface area (Å²) < 4.78 is 0. The molecule has 4 atom stereocenters. The Labute approximate surface area is 102 Å². The van der Waals surface area contributed by atoms with E-state index in [2.05, 4.69) is 0 Å². The average Bonchev–Trinajstić information content (AvgIpc) is 2.87. The number of hydrogen-bond donors (Lipinski definition) is 0. The average molecular weight is 233 g/mol. The molecule has 1 aliphatic heterocycles. The number of hydrogen-bond acceptors (Lipinski definition) is 2. The van der Waals surface area contributed by atoms with Crippen molar-refractivity contribution >= 4 is 11.8 Å². The number of nitrogens with zero attached hydrogens (tertiary/aromatic N) is 1. The maximum absolute atomic E-state index is 12.4. The van der Waals surface area contributed by atoms with Gasteiger partial charge in [-0.05, 0) is 49.9 Å². The molecule has 92 valence electrons. The first-order chi connectivity index (χ1) is 8.25. The van der Waals surface area contributed by atoms with Crippen LogP contribution in [0.2, 0.25) is 0 Å². The van der Waals surface area contributed by atoms with E-state index in [-0.39, 0.29) is 23.7 Å². The fourth-order valence-electron chi connectivity index (χ4n) is 4.61. The highest BCUT2D eigenvalue weighted by Crippen LogP contribution is 2.55. The lowest BCUT2D eigenvalue weighted by molar-refractivity contribution is -0.148.